The Morgan fingerprint density at radius 3 is 1.97 bits per heavy atom. The number of carbonyl (C=O) groups is 2. The average molecular weight is 425 g/mol. The third kappa shape index (κ3) is 3.64. The van der Waals surface area contributed by atoms with E-state index in [1.807, 2.05) is 70.1 Å². The van der Waals surface area contributed by atoms with Crippen molar-refractivity contribution in [2.45, 2.75) is 32.0 Å². The van der Waals surface area contributed by atoms with E-state index in [0.29, 0.717) is 22.9 Å². The fourth-order valence-electron chi connectivity index (χ4n) is 4.25. The van der Waals surface area contributed by atoms with Gasteiger partial charge in [0.1, 0.15) is 6.54 Å². The van der Waals surface area contributed by atoms with Gasteiger partial charge in [0.25, 0.3) is 0 Å². The van der Waals surface area contributed by atoms with Gasteiger partial charge < -0.3 is 15.2 Å². The minimum absolute atomic E-state index is 0.00503. The van der Waals surface area contributed by atoms with Crippen molar-refractivity contribution in [1.82, 2.24) is 9.47 Å². The molecule has 0 spiro atoms. The van der Waals surface area contributed by atoms with Crippen LogP contribution in [0.15, 0.2) is 77.6 Å². The Hall–Kier alpha value is -3.93. The fourth-order valence-corrected chi connectivity index (χ4v) is 4.25. The summed E-state index contributed by atoms with van der Waals surface area (Å²) in [6.07, 6.45) is 1.97. The number of fused-ring (bicyclic) bond motifs is 2. The van der Waals surface area contributed by atoms with Crippen molar-refractivity contribution in [2.24, 2.45) is 5.73 Å². The maximum absolute atomic E-state index is 13.5. The first-order valence-corrected chi connectivity index (χ1v) is 10.7. The Bertz CT molecular complexity index is 1340. The first-order valence-electron chi connectivity index (χ1n) is 10.7. The third-order valence-corrected chi connectivity index (χ3v) is 6.07. The molecule has 3 aromatic carbocycles. The Kier molecular flexibility index (Phi) is 4.98. The van der Waals surface area contributed by atoms with Gasteiger partial charge in [-0.3, -0.25) is 14.4 Å². The second-order valence-corrected chi connectivity index (χ2v) is 8.26. The number of amides is 2. The minimum Gasteiger partial charge on any atom is -0.366 e. The molecular formula is C26H23N3O3. The number of rotatable bonds is 6. The number of hydrogen-bond donors (Lipinski definition) is 1. The lowest BCUT2D eigenvalue weighted by Crippen LogP contribution is -2.35. The normalized spacial score (nSPS) is 13.4. The van der Waals surface area contributed by atoms with Gasteiger partial charge in [0.2, 0.25) is 11.8 Å². The predicted octanol–water partition coefficient (Wildman–Crippen LogP) is 3.44. The summed E-state index contributed by atoms with van der Waals surface area (Å²) >= 11 is 0. The molecule has 5 rings (SSSR count). The Morgan fingerprint density at radius 1 is 0.875 bits per heavy atom. The van der Waals surface area contributed by atoms with E-state index < -0.39 is 5.91 Å². The van der Waals surface area contributed by atoms with Crippen molar-refractivity contribution in [2.75, 3.05) is 0 Å². The lowest BCUT2D eigenvalue weighted by molar-refractivity contribution is -0.132. The van der Waals surface area contributed by atoms with Crippen LogP contribution in [0.25, 0.3) is 21.8 Å². The van der Waals surface area contributed by atoms with Crippen LogP contribution >= 0.6 is 0 Å². The number of nitrogens with two attached hydrogens (primary N) is 1. The molecule has 0 bridgehead atoms. The lowest BCUT2D eigenvalue weighted by Gasteiger charge is -2.24. The standard InChI is InChI=1S/C26H23N3O3/c27-26(32)18-11-9-17(10-12-18)15-28(19-13-14-19)24(30)16-29-22-7-3-1-5-20(22)25(31)21-6-2-4-8-23(21)29/h1-12,19H,13-16H2,(H2,27,32). The van der Waals surface area contributed by atoms with Crippen LogP contribution in [0, 0.1) is 0 Å². The average Bonchev–Trinajstić information content (AvgIpc) is 3.65. The van der Waals surface area contributed by atoms with Crippen molar-refractivity contribution < 1.29 is 9.59 Å². The van der Waals surface area contributed by atoms with Crippen molar-refractivity contribution >= 4 is 33.6 Å². The van der Waals surface area contributed by atoms with Crippen molar-refractivity contribution in [1.29, 1.82) is 0 Å². The fraction of sp³-hybridized carbons (Fsp3) is 0.192. The molecule has 0 saturated heterocycles. The van der Waals surface area contributed by atoms with E-state index in [0.717, 1.165) is 29.4 Å². The molecule has 0 radical (unpaired) electrons. The van der Waals surface area contributed by atoms with Gasteiger partial charge in [-0.1, -0.05) is 36.4 Å². The Morgan fingerprint density at radius 2 is 1.44 bits per heavy atom. The van der Waals surface area contributed by atoms with Crippen LogP contribution in [-0.2, 0) is 17.9 Å². The van der Waals surface area contributed by atoms with Crippen molar-refractivity contribution in [3.05, 3.63) is 94.1 Å². The molecule has 6 heteroatoms. The third-order valence-electron chi connectivity index (χ3n) is 6.07. The maximum atomic E-state index is 13.5. The molecule has 0 aliphatic heterocycles. The summed E-state index contributed by atoms with van der Waals surface area (Å²) in [5.74, 6) is -0.464. The smallest absolute Gasteiger partial charge is 0.248 e. The zero-order valence-corrected chi connectivity index (χ0v) is 17.5. The second kappa shape index (κ2) is 7.96. The summed E-state index contributed by atoms with van der Waals surface area (Å²) in [7, 11) is 0. The number of benzene rings is 3. The van der Waals surface area contributed by atoms with Crippen molar-refractivity contribution in [3.63, 3.8) is 0 Å². The van der Waals surface area contributed by atoms with Gasteiger partial charge in [0.05, 0.1) is 11.0 Å². The molecular weight excluding hydrogens is 402 g/mol. The van der Waals surface area contributed by atoms with Crippen LogP contribution in [0.5, 0.6) is 0 Å². The summed E-state index contributed by atoms with van der Waals surface area (Å²) in [5.41, 5.74) is 8.22. The highest BCUT2D eigenvalue weighted by Crippen LogP contribution is 2.29. The van der Waals surface area contributed by atoms with Gasteiger partial charge in [-0.05, 0) is 54.8 Å². The minimum atomic E-state index is -0.469. The van der Waals surface area contributed by atoms with Gasteiger partial charge >= 0.3 is 0 Å². The van der Waals surface area contributed by atoms with E-state index in [4.69, 9.17) is 5.73 Å². The molecule has 1 fully saturated rings. The van der Waals surface area contributed by atoms with Crippen LogP contribution < -0.4 is 11.2 Å². The summed E-state index contributed by atoms with van der Waals surface area (Å²) < 4.78 is 1.94. The molecule has 32 heavy (non-hydrogen) atoms. The van der Waals surface area contributed by atoms with Gasteiger partial charge in [0.15, 0.2) is 5.43 Å². The lowest BCUT2D eigenvalue weighted by atomic mass is 10.1. The SMILES string of the molecule is NC(=O)c1ccc(CN(C(=O)Cn2c3ccccc3c(=O)c3ccccc32)C2CC2)cc1. The summed E-state index contributed by atoms with van der Waals surface area (Å²) in [4.78, 5) is 39.7. The number of nitrogens with zero attached hydrogens (tertiary/aromatic N) is 2. The molecule has 4 aromatic rings. The maximum Gasteiger partial charge on any atom is 0.248 e. The Labute approximate surface area is 184 Å². The number of para-hydroxylation sites is 2. The van der Waals surface area contributed by atoms with Gasteiger partial charge in [-0.15, -0.1) is 0 Å². The molecule has 0 atom stereocenters. The van der Waals surface area contributed by atoms with E-state index in [1.165, 1.54) is 0 Å². The molecule has 2 amide bonds. The Balaban J connectivity index is 1.51. The summed E-state index contributed by atoms with van der Waals surface area (Å²) in [6.45, 7) is 0.621. The van der Waals surface area contributed by atoms with Gasteiger partial charge in [-0.2, -0.15) is 0 Å². The molecule has 1 saturated carbocycles. The van der Waals surface area contributed by atoms with Crippen LogP contribution in [0.4, 0.5) is 0 Å². The zero-order chi connectivity index (χ0) is 22.2. The van der Waals surface area contributed by atoms with Crippen LogP contribution in [-0.4, -0.2) is 27.3 Å². The highest BCUT2D eigenvalue weighted by molar-refractivity contribution is 5.95. The highest BCUT2D eigenvalue weighted by Gasteiger charge is 2.32. The molecule has 1 aliphatic rings. The van der Waals surface area contributed by atoms with Crippen molar-refractivity contribution in [3.8, 4) is 0 Å². The van der Waals surface area contributed by atoms with E-state index in [9.17, 15) is 14.4 Å². The van der Waals surface area contributed by atoms with Crippen LogP contribution in [0.3, 0.4) is 0 Å². The van der Waals surface area contributed by atoms with Gasteiger partial charge in [-0.25, -0.2) is 0 Å². The molecule has 1 aromatic heterocycles. The zero-order valence-electron chi connectivity index (χ0n) is 17.5. The number of hydrogen-bond acceptors (Lipinski definition) is 3. The van der Waals surface area contributed by atoms with Crippen LogP contribution in [0.2, 0.25) is 0 Å². The predicted molar refractivity (Wildman–Crippen MR) is 124 cm³/mol. The molecule has 6 nitrogen and oxygen atoms in total. The largest absolute Gasteiger partial charge is 0.366 e. The number of aromatic nitrogens is 1. The monoisotopic (exact) mass is 425 g/mol. The van der Waals surface area contributed by atoms with Crippen LogP contribution in [0.1, 0.15) is 28.8 Å². The number of primary amides is 1. The summed E-state index contributed by atoms with van der Waals surface area (Å²) in [6, 6.07) is 22.1. The second-order valence-electron chi connectivity index (χ2n) is 8.26. The van der Waals surface area contributed by atoms with Gasteiger partial charge in [0, 0.05) is 28.9 Å². The topological polar surface area (TPSA) is 85.4 Å². The summed E-state index contributed by atoms with van der Waals surface area (Å²) in [5, 5.41) is 1.22. The first-order chi connectivity index (χ1) is 15.5. The molecule has 2 N–H and O–H groups in total. The van der Waals surface area contributed by atoms with E-state index in [2.05, 4.69) is 0 Å². The van der Waals surface area contributed by atoms with E-state index in [-0.39, 0.29) is 23.9 Å². The molecule has 0 unspecified atom stereocenters. The first kappa shape index (κ1) is 20.0. The molecule has 1 heterocycles. The molecule has 1 aliphatic carbocycles. The number of pyridine rings is 1. The number of carbonyl (C=O) groups excluding carboxylic acids is 2. The van der Waals surface area contributed by atoms with E-state index >= 15 is 0 Å². The van der Waals surface area contributed by atoms with E-state index in [1.54, 1.807) is 12.1 Å². The molecule has 160 valence electrons. The quantitative estimate of drug-likeness (QED) is 0.480. The highest BCUT2D eigenvalue weighted by atomic mass is 16.2.